The fraction of sp³-hybridized carbons (Fsp3) is 0.143. The molecular formula is C14H13BrFNOS. The first-order valence-electron chi connectivity index (χ1n) is 5.72. The minimum absolute atomic E-state index is 0.142. The third-order valence-electron chi connectivity index (χ3n) is 2.72. The third-order valence-corrected chi connectivity index (χ3v) is 4.57. The molecule has 100 valence electrons. The molecule has 19 heavy (non-hydrogen) atoms. The summed E-state index contributed by atoms with van der Waals surface area (Å²) in [6, 6.07) is 12.2. The maximum Gasteiger partial charge on any atom is 0.131 e. The second-order valence-corrected chi connectivity index (χ2v) is 6.41. The fourth-order valence-electron chi connectivity index (χ4n) is 1.74. The predicted octanol–water partition coefficient (Wildman–Crippen LogP) is 3.35. The van der Waals surface area contributed by atoms with Crippen LogP contribution in [0.5, 0.6) is 0 Å². The van der Waals surface area contributed by atoms with E-state index in [1.165, 1.54) is 0 Å². The minimum Gasteiger partial charge on any atom is -0.326 e. The van der Waals surface area contributed by atoms with Gasteiger partial charge in [-0.15, -0.1) is 0 Å². The molecular weight excluding hydrogens is 329 g/mol. The van der Waals surface area contributed by atoms with Gasteiger partial charge in [0.15, 0.2) is 0 Å². The Balaban J connectivity index is 2.24. The summed E-state index contributed by atoms with van der Waals surface area (Å²) in [5, 5.41) is 0. The van der Waals surface area contributed by atoms with Crippen LogP contribution in [0.3, 0.4) is 0 Å². The van der Waals surface area contributed by atoms with Crippen LogP contribution in [-0.4, -0.2) is 4.21 Å². The van der Waals surface area contributed by atoms with Crippen LogP contribution in [0.2, 0.25) is 0 Å². The normalized spacial score (nSPS) is 12.4. The molecule has 0 saturated heterocycles. The molecule has 2 rings (SSSR count). The highest BCUT2D eigenvalue weighted by Gasteiger charge is 2.11. The summed E-state index contributed by atoms with van der Waals surface area (Å²) < 4.78 is 27.1. The molecule has 0 fully saturated rings. The molecule has 0 aliphatic rings. The smallest absolute Gasteiger partial charge is 0.131 e. The summed E-state index contributed by atoms with van der Waals surface area (Å²) in [5.74, 6) is -0.204. The van der Waals surface area contributed by atoms with E-state index in [0.29, 0.717) is 16.0 Å². The Morgan fingerprint density at radius 2 is 1.84 bits per heavy atom. The first-order chi connectivity index (χ1) is 9.11. The lowest BCUT2D eigenvalue weighted by molar-refractivity contribution is 0.598. The van der Waals surface area contributed by atoms with E-state index in [9.17, 15) is 8.60 Å². The lowest BCUT2D eigenvalue weighted by Crippen LogP contribution is -2.05. The van der Waals surface area contributed by atoms with Gasteiger partial charge < -0.3 is 5.73 Å². The summed E-state index contributed by atoms with van der Waals surface area (Å²) in [6.45, 7) is 0.142. The van der Waals surface area contributed by atoms with Crippen LogP contribution in [0.4, 0.5) is 4.39 Å². The number of hydrogen-bond acceptors (Lipinski definition) is 2. The van der Waals surface area contributed by atoms with Crippen molar-refractivity contribution in [1.29, 1.82) is 0 Å². The highest BCUT2D eigenvalue weighted by Crippen LogP contribution is 2.20. The Morgan fingerprint density at radius 3 is 2.53 bits per heavy atom. The zero-order chi connectivity index (χ0) is 13.8. The molecule has 0 amide bonds. The molecule has 2 aromatic carbocycles. The van der Waals surface area contributed by atoms with Gasteiger partial charge in [0, 0.05) is 27.0 Å². The molecule has 0 bridgehead atoms. The summed E-state index contributed by atoms with van der Waals surface area (Å²) >= 11 is 3.33. The first kappa shape index (κ1) is 14.4. The van der Waals surface area contributed by atoms with Crippen LogP contribution in [0.1, 0.15) is 11.1 Å². The maximum atomic E-state index is 14.0. The van der Waals surface area contributed by atoms with Gasteiger partial charge in [0.2, 0.25) is 0 Å². The lowest BCUT2D eigenvalue weighted by Gasteiger charge is -2.07. The van der Waals surface area contributed by atoms with Gasteiger partial charge in [-0.05, 0) is 18.2 Å². The lowest BCUT2D eigenvalue weighted by atomic mass is 10.1. The van der Waals surface area contributed by atoms with Crippen molar-refractivity contribution < 1.29 is 8.60 Å². The monoisotopic (exact) mass is 341 g/mol. The third kappa shape index (κ3) is 3.49. The Kier molecular flexibility index (Phi) is 4.85. The molecule has 0 aliphatic carbocycles. The van der Waals surface area contributed by atoms with Gasteiger partial charge >= 0.3 is 0 Å². The van der Waals surface area contributed by atoms with Crippen molar-refractivity contribution in [3.8, 4) is 0 Å². The van der Waals surface area contributed by atoms with Crippen molar-refractivity contribution in [2.24, 2.45) is 5.73 Å². The molecule has 2 nitrogen and oxygen atoms in total. The van der Waals surface area contributed by atoms with Crippen LogP contribution in [0.15, 0.2) is 51.8 Å². The van der Waals surface area contributed by atoms with Crippen LogP contribution in [0.25, 0.3) is 0 Å². The number of hydrogen-bond donors (Lipinski definition) is 1. The quantitative estimate of drug-likeness (QED) is 0.926. The summed E-state index contributed by atoms with van der Waals surface area (Å²) in [7, 11) is -1.28. The van der Waals surface area contributed by atoms with E-state index in [2.05, 4.69) is 15.9 Å². The van der Waals surface area contributed by atoms with E-state index in [1.807, 2.05) is 12.1 Å². The molecule has 1 atom stereocenters. The van der Waals surface area contributed by atoms with Gasteiger partial charge in [0.1, 0.15) is 5.82 Å². The average Bonchev–Trinajstić information content (AvgIpc) is 2.41. The maximum absolute atomic E-state index is 14.0. The van der Waals surface area contributed by atoms with Crippen molar-refractivity contribution in [2.45, 2.75) is 17.2 Å². The van der Waals surface area contributed by atoms with Gasteiger partial charge in [0.05, 0.1) is 16.6 Å². The Bertz CT molecular complexity index is 618. The molecule has 0 spiro atoms. The summed E-state index contributed by atoms with van der Waals surface area (Å²) in [5.41, 5.74) is 6.34. The van der Waals surface area contributed by atoms with Crippen LogP contribution in [0, 0.1) is 5.82 Å². The number of rotatable bonds is 4. The highest BCUT2D eigenvalue weighted by molar-refractivity contribution is 9.10. The molecule has 0 saturated carbocycles. The standard InChI is InChI=1S/C14H13BrFNOS/c15-12-5-2-6-13(7-12)19(18)9-11-4-1-3-10(8-17)14(11)16/h1-7H,8-9,17H2. The number of benzene rings is 2. The van der Waals surface area contributed by atoms with Crippen LogP contribution >= 0.6 is 15.9 Å². The van der Waals surface area contributed by atoms with Gasteiger partial charge in [-0.2, -0.15) is 0 Å². The second-order valence-electron chi connectivity index (χ2n) is 4.04. The van der Waals surface area contributed by atoms with Crippen molar-refractivity contribution >= 4 is 26.7 Å². The Hall–Kier alpha value is -1.04. The molecule has 0 heterocycles. The molecule has 5 heteroatoms. The first-order valence-corrected chi connectivity index (χ1v) is 7.83. The number of nitrogens with two attached hydrogens (primary N) is 1. The molecule has 2 N–H and O–H groups in total. The number of halogens is 2. The Labute approximate surface area is 122 Å². The Morgan fingerprint density at radius 1 is 1.16 bits per heavy atom. The van der Waals surface area contributed by atoms with Crippen molar-refractivity contribution in [3.05, 3.63) is 63.9 Å². The van der Waals surface area contributed by atoms with E-state index >= 15 is 0 Å². The van der Waals surface area contributed by atoms with Gasteiger partial charge in [0.25, 0.3) is 0 Å². The van der Waals surface area contributed by atoms with Gasteiger partial charge in [-0.25, -0.2) is 4.39 Å². The van der Waals surface area contributed by atoms with E-state index in [-0.39, 0.29) is 18.1 Å². The molecule has 0 aliphatic heterocycles. The highest BCUT2D eigenvalue weighted by atomic mass is 79.9. The molecule has 0 radical (unpaired) electrons. The van der Waals surface area contributed by atoms with Crippen molar-refractivity contribution in [2.75, 3.05) is 0 Å². The van der Waals surface area contributed by atoms with Crippen molar-refractivity contribution in [1.82, 2.24) is 0 Å². The van der Waals surface area contributed by atoms with Gasteiger partial charge in [-0.3, -0.25) is 4.21 Å². The molecule has 0 aromatic heterocycles. The minimum atomic E-state index is -1.28. The fourth-order valence-corrected chi connectivity index (χ4v) is 3.45. The van der Waals surface area contributed by atoms with Gasteiger partial charge in [-0.1, -0.05) is 40.2 Å². The largest absolute Gasteiger partial charge is 0.326 e. The van der Waals surface area contributed by atoms with Crippen molar-refractivity contribution in [3.63, 3.8) is 0 Å². The molecule has 2 aromatic rings. The summed E-state index contributed by atoms with van der Waals surface area (Å²) in [4.78, 5) is 0.673. The van der Waals surface area contributed by atoms with Crippen LogP contribution in [-0.2, 0) is 23.1 Å². The zero-order valence-corrected chi connectivity index (χ0v) is 12.5. The van der Waals surface area contributed by atoms with E-state index in [1.54, 1.807) is 30.3 Å². The second kappa shape index (κ2) is 6.41. The topological polar surface area (TPSA) is 43.1 Å². The SMILES string of the molecule is NCc1cccc(CS(=O)c2cccc(Br)c2)c1F. The van der Waals surface area contributed by atoms with E-state index in [4.69, 9.17) is 5.73 Å². The van der Waals surface area contributed by atoms with Crippen LogP contribution < -0.4 is 5.73 Å². The molecule has 1 unspecified atom stereocenters. The zero-order valence-electron chi connectivity index (χ0n) is 10.1. The predicted molar refractivity (Wildman–Crippen MR) is 78.5 cm³/mol. The summed E-state index contributed by atoms with van der Waals surface area (Å²) in [6.07, 6.45) is 0. The average molecular weight is 342 g/mol. The van der Waals surface area contributed by atoms with E-state index < -0.39 is 10.8 Å². The van der Waals surface area contributed by atoms with E-state index in [0.717, 1.165) is 4.47 Å².